The molecule has 34 heavy (non-hydrogen) atoms. The van der Waals surface area contributed by atoms with Gasteiger partial charge in [0.2, 0.25) is 0 Å². The standard InChI is InChI=1S/C30H28O4/c1-3-19-7-5-9-21-15-22-10-6-8-20(4-2)30(22)34-26-12-14-28(32)24(18-26)16-23-17-25(33-29(19)21)11-13-27(23)31/h5-14,17-18,31-32H,3-4,15-16H2,1-2H3. The Hall–Kier alpha value is -3.92. The third-order valence-electron chi connectivity index (χ3n) is 6.42. The number of phenolic OH excluding ortho intramolecular Hbond substituents is 2. The lowest BCUT2D eigenvalue weighted by atomic mass is 9.97. The highest BCUT2D eigenvalue weighted by atomic mass is 16.5. The molecule has 4 aromatic rings. The average molecular weight is 453 g/mol. The number of benzene rings is 4. The van der Waals surface area contributed by atoms with Crippen molar-refractivity contribution in [1.29, 1.82) is 0 Å². The lowest BCUT2D eigenvalue weighted by Crippen LogP contribution is -2.02. The SMILES string of the molecule is CCc1cccc2c1Oc1ccc(O)c(c1)Cc1cc(ccc1O)Oc1c(CC)cccc1C2. The first kappa shape index (κ1) is 21.9. The van der Waals surface area contributed by atoms with Crippen molar-refractivity contribution in [3.63, 3.8) is 0 Å². The number of para-hydroxylation sites is 2. The molecule has 1 aliphatic heterocycles. The lowest BCUT2D eigenvalue weighted by molar-refractivity contribution is 0.446. The summed E-state index contributed by atoms with van der Waals surface area (Å²) in [5.74, 6) is 3.31. The van der Waals surface area contributed by atoms with E-state index in [-0.39, 0.29) is 11.5 Å². The predicted octanol–water partition coefficient (Wildman–Crippen LogP) is 7.30. The van der Waals surface area contributed by atoms with E-state index in [2.05, 4.69) is 50.2 Å². The molecule has 0 atom stereocenters. The maximum absolute atomic E-state index is 10.5. The van der Waals surface area contributed by atoms with Crippen LogP contribution in [0.15, 0.2) is 72.8 Å². The van der Waals surface area contributed by atoms with E-state index < -0.39 is 0 Å². The van der Waals surface area contributed by atoms with Gasteiger partial charge in [-0.2, -0.15) is 0 Å². The Balaban J connectivity index is 1.74. The van der Waals surface area contributed by atoms with E-state index in [1.54, 1.807) is 24.3 Å². The zero-order valence-electron chi connectivity index (χ0n) is 19.5. The summed E-state index contributed by atoms with van der Waals surface area (Å²) in [6.07, 6.45) is 2.68. The first-order valence-electron chi connectivity index (χ1n) is 11.8. The number of hydrogen-bond donors (Lipinski definition) is 2. The van der Waals surface area contributed by atoms with Crippen LogP contribution in [0.1, 0.15) is 47.2 Å². The highest BCUT2D eigenvalue weighted by Crippen LogP contribution is 2.39. The summed E-state index contributed by atoms with van der Waals surface area (Å²) < 4.78 is 12.9. The fourth-order valence-electron chi connectivity index (χ4n) is 4.55. The van der Waals surface area contributed by atoms with Gasteiger partial charge < -0.3 is 19.7 Å². The molecule has 2 N–H and O–H groups in total. The van der Waals surface area contributed by atoms with E-state index in [0.29, 0.717) is 35.5 Å². The Bertz CT molecular complexity index is 1250. The van der Waals surface area contributed by atoms with Gasteiger partial charge in [-0.15, -0.1) is 0 Å². The van der Waals surface area contributed by atoms with Crippen LogP contribution in [0.4, 0.5) is 0 Å². The number of hydrogen-bond acceptors (Lipinski definition) is 4. The van der Waals surface area contributed by atoms with Crippen molar-refractivity contribution in [3.8, 4) is 34.5 Å². The molecule has 4 aromatic carbocycles. The van der Waals surface area contributed by atoms with Gasteiger partial charge in [0, 0.05) is 24.0 Å². The topological polar surface area (TPSA) is 58.9 Å². The molecular weight excluding hydrogens is 424 g/mol. The van der Waals surface area contributed by atoms with E-state index in [1.807, 2.05) is 12.1 Å². The molecule has 4 nitrogen and oxygen atoms in total. The summed E-state index contributed by atoms with van der Waals surface area (Å²) in [5, 5.41) is 21.0. The molecule has 1 aliphatic rings. The monoisotopic (exact) mass is 452 g/mol. The molecule has 172 valence electrons. The minimum Gasteiger partial charge on any atom is -0.508 e. The van der Waals surface area contributed by atoms with Crippen molar-refractivity contribution in [2.45, 2.75) is 39.5 Å². The lowest BCUT2D eigenvalue weighted by Gasteiger charge is -2.20. The van der Waals surface area contributed by atoms with Crippen molar-refractivity contribution < 1.29 is 19.7 Å². The number of aromatic hydroxyl groups is 2. The van der Waals surface area contributed by atoms with Crippen LogP contribution in [0.25, 0.3) is 0 Å². The molecule has 0 radical (unpaired) electrons. The van der Waals surface area contributed by atoms with Gasteiger partial charge in [0.05, 0.1) is 0 Å². The maximum atomic E-state index is 10.5. The molecule has 4 bridgehead atoms. The van der Waals surface area contributed by atoms with Gasteiger partial charge in [-0.1, -0.05) is 50.2 Å². The normalized spacial score (nSPS) is 12.5. The molecule has 0 saturated heterocycles. The van der Waals surface area contributed by atoms with Crippen LogP contribution in [0.2, 0.25) is 0 Å². The predicted molar refractivity (Wildman–Crippen MR) is 134 cm³/mol. The Morgan fingerprint density at radius 2 is 1.03 bits per heavy atom. The van der Waals surface area contributed by atoms with E-state index in [9.17, 15) is 10.2 Å². The minimum absolute atomic E-state index is 0.160. The number of ether oxygens (including phenoxy) is 2. The summed E-state index contributed by atoms with van der Waals surface area (Å²) >= 11 is 0. The second kappa shape index (κ2) is 9.14. The molecule has 5 rings (SSSR count). The number of phenols is 2. The van der Waals surface area contributed by atoms with Crippen molar-refractivity contribution in [1.82, 2.24) is 0 Å². The molecule has 0 saturated carbocycles. The first-order valence-corrected chi connectivity index (χ1v) is 11.8. The van der Waals surface area contributed by atoms with E-state index >= 15 is 0 Å². The van der Waals surface area contributed by atoms with Crippen LogP contribution >= 0.6 is 0 Å². The summed E-state index contributed by atoms with van der Waals surface area (Å²) in [4.78, 5) is 0. The molecule has 0 spiro atoms. The largest absolute Gasteiger partial charge is 0.508 e. The molecule has 1 heterocycles. The van der Waals surface area contributed by atoms with Gasteiger partial charge in [0.1, 0.15) is 34.5 Å². The zero-order valence-corrected chi connectivity index (χ0v) is 19.5. The Kier molecular flexibility index (Phi) is 5.89. The van der Waals surface area contributed by atoms with Crippen molar-refractivity contribution in [2.75, 3.05) is 0 Å². The molecule has 0 unspecified atom stereocenters. The van der Waals surface area contributed by atoms with Gasteiger partial charge in [0.15, 0.2) is 0 Å². The molecule has 0 amide bonds. The van der Waals surface area contributed by atoms with Crippen LogP contribution in [0.3, 0.4) is 0 Å². The Morgan fingerprint density at radius 1 is 0.588 bits per heavy atom. The van der Waals surface area contributed by atoms with Crippen molar-refractivity contribution in [2.24, 2.45) is 0 Å². The summed E-state index contributed by atoms with van der Waals surface area (Å²) in [7, 11) is 0. The van der Waals surface area contributed by atoms with Crippen LogP contribution in [-0.4, -0.2) is 10.2 Å². The Labute approximate surface area is 200 Å². The van der Waals surface area contributed by atoms with E-state index in [0.717, 1.165) is 46.6 Å². The highest BCUT2D eigenvalue weighted by molar-refractivity contribution is 5.54. The van der Waals surface area contributed by atoms with Gasteiger partial charge in [0.25, 0.3) is 0 Å². The van der Waals surface area contributed by atoms with Crippen LogP contribution < -0.4 is 9.47 Å². The highest BCUT2D eigenvalue weighted by Gasteiger charge is 2.18. The first-order chi connectivity index (χ1) is 16.6. The molecule has 0 aromatic heterocycles. The Morgan fingerprint density at radius 3 is 1.47 bits per heavy atom. The molecule has 4 heteroatoms. The van der Waals surface area contributed by atoms with E-state index in [4.69, 9.17) is 9.47 Å². The van der Waals surface area contributed by atoms with Gasteiger partial charge in [-0.05, 0) is 71.5 Å². The smallest absolute Gasteiger partial charge is 0.134 e. The fourth-order valence-corrected chi connectivity index (χ4v) is 4.55. The van der Waals surface area contributed by atoms with Gasteiger partial charge >= 0.3 is 0 Å². The third kappa shape index (κ3) is 4.19. The van der Waals surface area contributed by atoms with Gasteiger partial charge in [-0.25, -0.2) is 0 Å². The zero-order chi connectivity index (χ0) is 23.7. The number of fused-ring (bicyclic) bond motifs is 6. The fraction of sp³-hybridized carbons (Fsp3) is 0.200. The second-order valence-electron chi connectivity index (χ2n) is 8.66. The van der Waals surface area contributed by atoms with Gasteiger partial charge in [-0.3, -0.25) is 0 Å². The van der Waals surface area contributed by atoms with E-state index in [1.165, 1.54) is 0 Å². The summed E-state index contributed by atoms with van der Waals surface area (Å²) in [5.41, 5.74) is 5.75. The number of aryl methyl sites for hydroxylation is 2. The van der Waals surface area contributed by atoms with Crippen LogP contribution in [0, 0.1) is 0 Å². The minimum atomic E-state index is 0.160. The molecule has 0 fully saturated rings. The third-order valence-corrected chi connectivity index (χ3v) is 6.42. The number of rotatable bonds is 2. The summed E-state index contributed by atoms with van der Waals surface area (Å²) in [6.45, 7) is 4.24. The van der Waals surface area contributed by atoms with Crippen LogP contribution in [-0.2, 0) is 25.7 Å². The van der Waals surface area contributed by atoms with Crippen molar-refractivity contribution in [3.05, 3.63) is 106 Å². The van der Waals surface area contributed by atoms with Crippen molar-refractivity contribution >= 4 is 0 Å². The quantitative estimate of drug-likeness (QED) is 0.295. The maximum Gasteiger partial charge on any atom is 0.134 e. The summed E-state index contributed by atoms with van der Waals surface area (Å²) in [6, 6.07) is 23.1. The average Bonchev–Trinajstić information content (AvgIpc) is 2.84. The molecule has 0 aliphatic carbocycles. The molecular formula is C30H28O4. The second-order valence-corrected chi connectivity index (χ2v) is 8.66. The van der Waals surface area contributed by atoms with Crippen LogP contribution in [0.5, 0.6) is 34.5 Å².